The van der Waals surface area contributed by atoms with Crippen molar-refractivity contribution >= 4 is 39.3 Å². The van der Waals surface area contributed by atoms with Crippen LogP contribution in [0.1, 0.15) is 24.2 Å². The molecule has 0 radical (unpaired) electrons. The predicted molar refractivity (Wildman–Crippen MR) is 86.7 cm³/mol. The van der Waals surface area contributed by atoms with Crippen molar-refractivity contribution in [3.63, 3.8) is 0 Å². The molecule has 0 fully saturated rings. The highest BCUT2D eigenvalue weighted by Crippen LogP contribution is 2.21. The van der Waals surface area contributed by atoms with E-state index in [2.05, 4.69) is 5.32 Å². The van der Waals surface area contributed by atoms with Gasteiger partial charge in [-0.1, -0.05) is 11.6 Å². The molecule has 0 bridgehead atoms. The van der Waals surface area contributed by atoms with Gasteiger partial charge in [0, 0.05) is 12.8 Å². The minimum Gasteiger partial charge on any atom is -0.449 e. The van der Waals surface area contributed by atoms with Crippen LogP contribution in [0.25, 0.3) is 0 Å². The van der Waals surface area contributed by atoms with Gasteiger partial charge in [-0.2, -0.15) is 0 Å². The highest BCUT2D eigenvalue weighted by atomic mass is 35.5. The van der Waals surface area contributed by atoms with Crippen molar-refractivity contribution in [3.05, 3.63) is 28.8 Å². The van der Waals surface area contributed by atoms with Gasteiger partial charge in [-0.3, -0.25) is 10.1 Å². The van der Waals surface area contributed by atoms with Gasteiger partial charge in [0.25, 0.3) is 5.91 Å². The molecule has 1 aromatic carbocycles. The molecule has 0 aliphatic carbocycles. The van der Waals surface area contributed by atoms with Gasteiger partial charge in [0.2, 0.25) is 0 Å². The second-order valence-corrected chi connectivity index (χ2v) is 7.23. The molecule has 1 atom stereocenters. The van der Waals surface area contributed by atoms with E-state index in [-0.39, 0.29) is 15.5 Å². The lowest BCUT2D eigenvalue weighted by molar-refractivity contribution is -0.127. The Morgan fingerprint density at radius 2 is 1.92 bits per heavy atom. The van der Waals surface area contributed by atoms with E-state index in [1.807, 2.05) is 5.32 Å². The van der Waals surface area contributed by atoms with Gasteiger partial charge in [0.15, 0.2) is 15.9 Å². The molecule has 0 aromatic heterocycles. The van der Waals surface area contributed by atoms with E-state index in [0.29, 0.717) is 6.54 Å². The van der Waals surface area contributed by atoms with E-state index in [0.717, 1.165) is 12.3 Å². The Balaban J connectivity index is 2.88. The molecule has 1 rings (SSSR count). The number of imide groups is 1. The summed E-state index contributed by atoms with van der Waals surface area (Å²) in [5.74, 6) is -1.81. The Morgan fingerprint density at radius 1 is 1.29 bits per heavy atom. The maximum Gasteiger partial charge on any atom is 0.340 e. The average Bonchev–Trinajstić information content (AvgIpc) is 2.46. The fraction of sp³-hybridized carbons (Fsp3) is 0.357. The van der Waals surface area contributed by atoms with Crippen molar-refractivity contribution in [1.82, 2.24) is 10.6 Å². The number of hydrogen-bond acceptors (Lipinski definition) is 6. The molecule has 1 aromatic rings. The van der Waals surface area contributed by atoms with E-state index in [1.165, 1.54) is 19.1 Å². The summed E-state index contributed by atoms with van der Waals surface area (Å²) in [6, 6.07) is 2.84. The number of sulfone groups is 1. The highest BCUT2D eigenvalue weighted by molar-refractivity contribution is 7.90. The zero-order valence-electron chi connectivity index (χ0n) is 13.3. The molecule has 10 heteroatoms. The molecule has 0 aliphatic rings. The highest BCUT2D eigenvalue weighted by Gasteiger charge is 2.23. The van der Waals surface area contributed by atoms with Crippen LogP contribution in [-0.4, -0.2) is 45.2 Å². The summed E-state index contributed by atoms with van der Waals surface area (Å²) in [6.07, 6.45) is -0.300. The third kappa shape index (κ3) is 5.50. The maximum atomic E-state index is 12.1. The number of carbonyl (C=O) groups excluding carboxylic acids is 3. The number of ether oxygens (including phenoxy) is 1. The van der Waals surface area contributed by atoms with Crippen LogP contribution in [0.5, 0.6) is 0 Å². The first-order valence-electron chi connectivity index (χ1n) is 6.85. The Bertz CT molecular complexity index is 763. The second-order valence-electron chi connectivity index (χ2n) is 4.81. The fourth-order valence-electron chi connectivity index (χ4n) is 1.59. The lowest BCUT2D eigenvalue weighted by Gasteiger charge is -2.14. The number of carbonyl (C=O) groups is 3. The molecule has 0 spiro atoms. The number of amides is 3. The number of rotatable bonds is 5. The summed E-state index contributed by atoms with van der Waals surface area (Å²) in [5.41, 5.74) is -0.197. The van der Waals surface area contributed by atoms with Gasteiger partial charge in [-0.05, 0) is 32.0 Å². The quantitative estimate of drug-likeness (QED) is 0.743. The fourth-order valence-corrected chi connectivity index (χ4v) is 2.43. The minimum absolute atomic E-state index is 0.0243. The van der Waals surface area contributed by atoms with Crippen LogP contribution in [0.4, 0.5) is 4.79 Å². The van der Waals surface area contributed by atoms with Crippen molar-refractivity contribution in [3.8, 4) is 0 Å². The van der Waals surface area contributed by atoms with Crippen molar-refractivity contribution < 1.29 is 27.5 Å². The SMILES string of the molecule is CCNC(=O)NC(=O)[C@@H](C)OC(=O)c1cc(S(C)(=O)=O)ccc1Cl. The Kier molecular flexibility index (Phi) is 6.73. The molecule has 132 valence electrons. The molecule has 3 amide bonds. The number of halogens is 1. The lowest BCUT2D eigenvalue weighted by Crippen LogP contribution is -2.44. The molecular formula is C14H17ClN2O6S. The zero-order chi connectivity index (χ0) is 18.5. The first-order chi connectivity index (χ1) is 11.1. The maximum absolute atomic E-state index is 12.1. The number of nitrogens with one attached hydrogen (secondary N) is 2. The Morgan fingerprint density at radius 3 is 2.46 bits per heavy atom. The summed E-state index contributed by atoms with van der Waals surface area (Å²) in [4.78, 5) is 35.0. The minimum atomic E-state index is -3.54. The molecule has 24 heavy (non-hydrogen) atoms. The van der Waals surface area contributed by atoms with Crippen molar-refractivity contribution in [2.45, 2.75) is 24.8 Å². The normalized spacial score (nSPS) is 12.2. The van der Waals surface area contributed by atoms with E-state index >= 15 is 0 Å². The van der Waals surface area contributed by atoms with Crippen molar-refractivity contribution in [1.29, 1.82) is 0 Å². The monoisotopic (exact) mass is 376 g/mol. The van der Waals surface area contributed by atoms with Crippen LogP contribution < -0.4 is 10.6 Å². The second kappa shape index (κ2) is 8.11. The van der Waals surface area contributed by atoms with Gasteiger partial charge in [0.1, 0.15) is 0 Å². The molecule has 0 unspecified atom stereocenters. The average molecular weight is 377 g/mol. The van der Waals surface area contributed by atoms with Crippen LogP contribution in [0.3, 0.4) is 0 Å². The van der Waals surface area contributed by atoms with Gasteiger partial charge in [0.05, 0.1) is 15.5 Å². The first kappa shape index (κ1) is 19.9. The third-order valence-electron chi connectivity index (χ3n) is 2.81. The molecular weight excluding hydrogens is 360 g/mol. The standard InChI is InChI=1S/C14H17ClN2O6S/c1-4-16-14(20)17-12(18)8(2)23-13(19)10-7-9(24(3,21)22)5-6-11(10)15/h5-8H,4H2,1-3H3,(H2,16,17,18,20)/t8-/m1/s1. The predicted octanol–water partition coefficient (Wildman–Crippen LogP) is 1.13. The molecule has 0 saturated carbocycles. The van der Waals surface area contributed by atoms with Crippen LogP contribution in [-0.2, 0) is 19.4 Å². The van der Waals surface area contributed by atoms with Crippen LogP contribution in [0, 0.1) is 0 Å². The molecule has 0 heterocycles. The molecule has 8 nitrogen and oxygen atoms in total. The molecule has 0 saturated heterocycles. The number of esters is 1. The summed E-state index contributed by atoms with van der Waals surface area (Å²) in [5, 5.41) is 4.32. The van der Waals surface area contributed by atoms with E-state index < -0.39 is 33.8 Å². The summed E-state index contributed by atoms with van der Waals surface area (Å²) < 4.78 is 28.0. The number of benzene rings is 1. The van der Waals surface area contributed by atoms with Gasteiger partial charge in [-0.15, -0.1) is 0 Å². The summed E-state index contributed by atoms with van der Waals surface area (Å²) in [7, 11) is -3.54. The molecule has 0 aliphatic heterocycles. The van der Waals surface area contributed by atoms with Crippen molar-refractivity contribution in [2.75, 3.05) is 12.8 Å². The van der Waals surface area contributed by atoms with E-state index in [1.54, 1.807) is 6.92 Å². The zero-order valence-corrected chi connectivity index (χ0v) is 14.8. The Hall–Kier alpha value is -2.13. The van der Waals surface area contributed by atoms with Gasteiger partial charge in [-0.25, -0.2) is 18.0 Å². The van der Waals surface area contributed by atoms with Crippen LogP contribution in [0.15, 0.2) is 23.1 Å². The molecule has 2 N–H and O–H groups in total. The third-order valence-corrected chi connectivity index (χ3v) is 4.25. The smallest absolute Gasteiger partial charge is 0.340 e. The van der Waals surface area contributed by atoms with Gasteiger partial charge >= 0.3 is 12.0 Å². The van der Waals surface area contributed by atoms with Crippen LogP contribution >= 0.6 is 11.6 Å². The topological polar surface area (TPSA) is 119 Å². The Labute approximate surface area is 144 Å². The van der Waals surface area contributed by atoms with Gasteiger partial charge < -0.3 is 10.1 Å². The number of urea groups is 1. The van der Waals surface area contributed by atoms with Crippen LogP contribution in [0.2, 0.25) is 5.02 Å². The van der Waals surface area contributed by atoms with Crippen molar-refractivity contribution in [2.24, 2.45) is 0 Å². The number of hydrogen-bond donors (Lipinski definition) is 2. The largest absolute Gasteiger partial charge is 0.449 e. The summed E-state index contributed by atoms with van der Waals surface area (Å²) in [6.45, 7) is 3.26. The first-order valence-corrected chi connectivity index (χ1v) is 9.12. The summed E-state index contributed by atoms with van der Waals surface area (Å²) >= 11 is 5.87. The van der Waals surface area contributed by atoms with E-state index in [4.69, 9.17) is 16.3 Å². The van der Waals surface area contributed by atoms with E-state index in [9.17, 15) is 22.8 Å². The lowest BCUT2D eigenvalue weighted by atomic mass is 10.2.